The van der Waals surface area contributed by atoms with E-state index in [1.54, 1.807) is 11.7 Å². The molecule has 1 saturated heterocycles. The van der Waals surface area contributed by atoms with E-state index >= 15 is 0 Å². The number of rotatable bonds is 6. The average Bonchev–Trinajstić information content (AvgIpc) is 3.41. The number of carbonyl (C=O) groups excluding carboxylic acids is 2. The molecule has 1 aliphatic heterocycles. The molecule has 0 spiro atoms. The Morgan fingerprint density at radius 1 is 1.11 bits per heavy atom. The maximum absolute atomic E-state index is 13.2. The van der Waals surface area contributed by atoms with Gasteiger partial charge >= 0.3 is 0 Å². The monoisotopic (exact) mass is 504 g/mol. The number of hydrogen-bond acceptors (Lipinski definition) is 4. The molecular formula is C30H40N4O3. The highest BCUT2D eigenvalue weighted by Crippen LogP contribution is 2.32. The van der Waals surface area contributed by atoms with Crippen molar-refractivity contribution in [2.75, 3.05) is 18.4 Å². The molecule has 0 aliphatic carbocycles. The fourth-order valence-corrected chi connectivity index (χ4v) is 4.94. The van der Waals surface area contributed by atoms with Crippen molar-refractivity contribution in [3.63, 3.8) is 0 Å². The van der Waals surface area contributed by atoms with E-state index in [-0.39, 0.29) is 17.2 Å². The van der Waals surface area contributed by atoms with E-state index in [1.165, 1.54) is 5.56 Å². The molecule has 2 amide bonds. The van der Waals surface area contributed by atoms with Crippen LogP contribution in [0.25, 0.3) is 0 Å². The van der Waals surface area contributed by atoms with E-state index in [4.69, 9.17) is 4.42 Å². The van der Waals surface area contributed by atoms with Crippen LogP contribution in [-0.2, 0) is 18.9 Å². The molecule has 1 N–H and O–H groups in total. The Kier molecular flexibility index (Phi) is 7.62. The van der Waals surface area contributed by atoms with Crippen molar-refractivity contribution in [3.8, 4) is 0 Å². The van der Waals surface area contributed by atoms with Gasteiger partial charge in [-0.2, -0.15) is 5.10 Å². The Bertz CT molecular complexity index is 1250. The van der Waals surface area contributed by atoms with Crippen LogP contribution >= 0.6 is 0 Å². The van der Waals surface area contributed by atoms with Crippen molar-refractivity contribution >= 4 is 17.5 Å². The normalized spacial score (nSPS) is 14.9. The Morgan fingerprint density at radius 2 is 1.76 bits per heavy atom. The molecule has 0 atom stereocenters. The van der Waals surface area contributed by atoms with Crippen LogP contribution in [0.3, 0.4) is 0 Å². The van der Waals surface area contributed by atoms with Gasteiger partial charge in [0.2, 0.25) is 0 Å². The number of aryl methyl sites for hydroxylation is 2. The SMILES string of the molecule is Cc1oc(C(C)(C)C)cc1C(=O)N1CCC(c2ccc(NC(=O)c3cc(CC(C)C)nn3C)cc2)CC1. The molecule has 1 aromatic carbocycles. The lowest BCUT2D eigenvalue weighted by Crippen LogP contribution is -2.38. The number of aromatic nitrogens is 2. The number of piperidine rings is 1. The lowest BCUT2D eigenvalue weighted by Gasteiger charge is -2.32. The molecule has 37 heavy (non-hydrogen) atoms. The Morgan fingerprint density at radius 3 is 2.32 bits per heavy atom. The lowest BCUT2D eigenvalue weighted by atomic mass is 9.89. The van der Waals surface area contributed by atoms with Gasteiger partial charge in [-0.1, -0.05) is 46.8 Å². The van der Waals surface area contributed by atoms with Gasteiger partial charge in [0.05, 0.1) is 11.3 Å². The third kappa shape index (κ3) is 6.14. The highest BCUT2D eigenvalue weighted by atomic mass is 16.3. The second-order valence-corrected chi connectivity index (χ2v) is 11.7. The van der Waals surface area contributed by atoms with Crippen LogP contribution in [0.4, 0.5) is 5.69 Å². The molecule has 1 fully saturated rings. The van der Waals surface area contributed by atoms with Gasteiger partial charge in [0.15, 0.2) is 0 Å². The van der Waals surface area contributed by atoms with Crippen molar-refractivity contribution in [2.45, 2.75) is 72.1 Å². The van der Waals surface area contributed by atoms with Gasteiger partial charge in [-0.25, -0.2) is 0 Å². The molecule has 198 valence electrons. The first-order valence-electron chi connectivity index (χ1n) is 13.3. The minimum atomic E-state index is -0.159. The summed E-state index contributed by atoms with van der Waals surface area (Å²) in [5.74, 6) is 2.31. The van der Waals surface area contributed by atoms with Crippen LogP contribution in [0.5, 0.6) is 0 Å². The minimum absolute atomic E-state index is 0.0555. The molecule has 3 heterocycles. The zero-order valence-corrected chi connectivity index (χ0v) is 23.2. The first-order chi connectivity index (χ1) is 17.4. The van der Waals surface area contributed by atoms with Crippen molar-refractivity contribution < 1.29 is 14.0 Å². The Balaban J connectivity index is 1.34. The molecule has 2 aromatic heterocycles. The van der Waals surface area contributed by atoms with Crippen molar-refractivity contribution in [1.29, 1.82) is 0 Å². The van der Waals surface area contributed by atoms with Gasteiger partial charge in [-0.05, 0) is 67.9 Å². The summed E-state index contributed by atoms with van der Waals surface area (Å²) in [4.78, 5) is 27.9. The highest BCUT2D eigenvalue weighted by Gasteiger charge is 2.29. The maximum atomic E-state index is 13.2. The largest absolute Gasteiger partial charge is 0.465 e. The van der Waals surface area contributed by atoms with Crippen molar-refractivity contribution in [1.82, 2.24) is 14.7 Å². The van der Waals surface area contributed by atoms with Gasteiger partial charge in [0.25, 0.3) is 11.8 Å². The molecule has 0 radical (unpaired) electrons. The van der Waals surface area contributed by atoms with E-state index in [9.17, 15) is 9.59 Å². The number of nitrogens with zero attached hydrogens (tertiary/aromatic N) is 3. The number of hydrogen-bond donors (Lipinski definition) is 1. The van der Waals surface area contributed by atoms with Crippen molar-refractivity contribution in [2.24, 2.45) is 13.0 Å². The van der Waals surface area contributed by atoms with Crippen LogP contribution in [0, 0.1) is 12.8 Å². The molecule has 3 aromatic rings. The summed E-state index contributed by atoms with van der Waals surface area (Å²) in [5.41, 5.74) is 4.03. The third-order valence-electron chi connectivity index (χ3n) is 7.09. The maximum Gasteiger partial charge on any atom is 0.273 e. The van der Waals surface area contributed by atoms with E-state index in [1.807, 2.05) is 36.1 Å². The third-order valence-corrected chi connectivity index (χ3v) is 7.09. The van der Waals surface area contributed by atoms with Gasteiger partial charge < -0.3 is 14.6 Å². The fourth-order valence-electron chi connectivity index (χ4n) is 4.94. The molecule has 7 heteroatoms. The molecular weight excluding hydrogens is 464 g/mol. The standard InChI is InChI=1S/C30H40N4O3/c1-19(2)16-24-17-26(33(7)32-24)28(35)31-23-10-8-21(9-11-23)22-12-14-34(15-13-22)29(36)25-18-27(30(4,5)6)37-20(25)3/h8-11,17-19,22H,12-16H2,1-7H3,(H,31,35). The van der Waals surface area contributed by atoms with Gasteiger partial charge in [0.1, 0.15) is 17.2 Å². The number of carbonyl (C=O) groups is 2. The van der Waals surface area contributed by atoms with E-state index in [0.29, 0.717) is 28.9 Å². The summed E-state index contributed by atoms with van der Waals surface area (Å²) in [6.45, 7) is 13.8. The quantitative estimate of drug-likeness (QED) is 0.440. The summed E-state index contributed by atoms with van der Waals surface area (Å²) in [6.07, 6.45) is 2.67. The van der Waals surface area contributed by atoms with Crippen LogP contribution < -0.4 is 5.32 Å². The summed E-state index contributed by atoms with van der Waals surface area (Å²) in [7, 11) is 1.80. The molecule has 4 rings (SSSR count). The minimum Gasteiger partial charge on any atom is -0.465 e. The molecule has 1 aliphatic rings. The van der Waals surface area contributed by atoms with Crippen LogP contribution in [0.1, 0.15) is 97.0 Å². The summed E-state index contributed by atoms with van der Waals surface area (Å²) < 4.78 is 7.53. The first kappa shape index (κ1) is 26.7. The highest BCUT2D eigenvalue weighted by molar-refractivity contribution is 6.03. The molecule has 0 saturated carbocycles. The van der Waals surface area contributed by atoms with E-state index < -0.39 is 0 Å². The summed E-state index contributed by atoms with van der Waals surface area (Å²) in [6, 6.07) is 11.9. The first-order valence-corrected chi connectivity index (χ1v) is 13.3. The fraction of sp³-hybridized carbons (Fsp3) is 0.500. The second kappa shape index (κ2) is 10.6. The number of benzene rings is 1. The number of furan rings is 1. The zero-order chi connectivity index (χ0) is 26.9. The second-order valence-electron chi connectivity index (χ2n) is 11.7. The van der Waals surface area contributed by atoms with Crippen LogP contribution in [-0.4, -0.2) is 39.6 Å². The van der Waals surface area contributed by atoms with Gasteiger partial charge in [-0.3, -0.25) is 14.3 Å². The number of amides is 2. The van der Waals surface area contributed by atoms with Crippen LogP contribution in [0.2, 0.25) is 0 Å². The smallest absolute Gasteiger partial charge is 0.273 e. The Hall–Kier alpha value is -3.35. The van der Waals surface area contributed by atoms with Gasteiger partial charge in [-0.15, -0.1) is 0 Å². The number of likely N-dealkylation sites (tertiary alicyclic amines) is 1. The van der Waals surface area contributed by atoms with Gasteiger partial charge in [0, 0.05) is 31.2 Å². The predicted octanol–water partition coefficient (Wildman–Crippen LogP) is 6.09. The van der Waals surface area contributed by atoms with Crippen molar-refractivity contribution in [3.05, 3.63) is 70.4 Å². The summed E-state index contributed by atoms with van der Waals surface area (Å²) >= 11 is 0. The number of anilines is 1. The van der Waals surface area contributed by atoms with E-state index in [0.717, 1.165) is 49.5 Å². The zero-order valence-electron chi connectivity index (χ0n) is 23.2. The summed E-state index contributed by atoms with van der Waals surface area (Å²) in [5, 5.41) is 7.46. The lowest BCUT2D eigenvalue weighted by molar-refractivity contribution is 0.0711. The molecule has 7 nitrogen and oxygen atoms in total. The van der Waals surface area contributed by atoms with Crippen LogP contribution in [0.15, 0.2) is 40.8 Å². The molecule has 0 bridgehead atoms. The topological polar surface area (TPSA) is 80.4 Å². The van der Waals surface area contributed by atoms with E-state index in [2.05, 4.69) is 57.2 Å². The number of nitrogens with one attached hydrogen (secondary N) is 1. The Labute approximate surface area is 220 Å². The predicted molar refractivity (Wildman–Crippen MR) is 146 cm³/mol. The average molecular weight is 505 g/mol. The molecule has 0 unspecified atom stereocenters.